The van der Waals surface area contributed by atoms with Crippen molar-refractivity contribution in [3.63, 3.8) is 0 Å². The Morgan fingerprint density at radius 3 is 2.52 bits per heavy atom. The fourth-order valence-corrected chi connectivity index (χ4v) is 3.05. The molecule has 1 heterocycles. The highest BCUT2D eigenvalue weighted by atomic mass is 16.6. The average molecular weight is 369 g/mol. The molecule has 0 saturated carbocycles. The number of hydrogen-bond donors (Lipinski definition) is 1. The third-order valence-corrected chi connectivity index (χ3v) is 4.17. The van der Waals surface area contributed by atoms with E-state index in [9.17, 15) is 9.59 Å². The van der Waals surface area contributed by atoms with Gasteiger partial charge in [-0.2, -0.15) is 0 Å². The van der Waals surface area contributed by atoms with Gasteiger partial charge in [-0.3, -0.25) is 5.32 Å². The Balaban J connectivity index is 1.89. The number of rotatable bonds is 2. The third-order valence-electron chi connectivity index (χ3n) is 4.17. The molecule has 3 rings (SSSR count). The summed E-state index contributed by atoms with van der Waals surface area (Å²) in [5.41, 5.74) is 4.09. The lowest BCUT2D eigenvalue weighted by Gasteiger charge is -2.20. The number of methoxy groups -OCH3 is 1. The summed E-state index contributed by atoms with van der Waals surface area (Å²) in [7, 11) is 1.32. The SMILES string of the molecule is COC(=O)c1cc2c(nn1)-c1ccc(NC(=O)OC(C)(C)C)cc1CCC2. The number of aromatic nitrogens is 2. The van der Waals surface area contributed by atoms with Crippen LogP contribution in [0.2, 0.25) is 0 Å². The molecule has 0 fully saturated rings. The van der Waals surface area contributed by atoms with Crippen LogP contribution in [0.5, 0.6) is 0 Å². The monoisotopic (exact) mass is 369 g/mol. The number of nitrogens with zero attached hydrogens (tertiary/aromatic N) is 2. The highest BCUT2D eigenvalue weighted by molar-refractivity contribution is 5.88. The van der Waals surface area contributed by atoms with Crippen molar-refractivity contribution in [3.05, 3.63) is 41.1 Å². The number of ether oxygens (including phenoxy) is 2. The number of carbonyl (C=O) groups excluding carboxylic acids is 2. The van der Waals surface area contributed by atoms with Crippen LogP contribution in [0.25, 0.3) is 11.3 Å². The number of benzene rings is 1. The van der Waals surface area contributed by atoms with Crippen LogP contribution in [-0.4, -0.2) is 35.0 Å². The van der Waals surface area contributed by atoms with Crippen LogP contribution in [0.4, 0.5) is 10.5 Å². The lowest BCUT2D eigenvalue weighted by molar-refractivity contribution is 0.0590. The largest absolute Gasteiger partial charge is 0.464 e. The van der Waals surface area contributed by atoms with Crippen molar-refractivity contribution >= 4 is 17.7 Å². The molecule has 7 nitrogen and oxygen atoms in total. The average Bonchev–Trinajstić information content (AvgIpc) is 2.77. The first-order valence-corrected chi connectivity index (χ1v) is 8.85. The topological polar surface area (TPSA) is 90.4 Å². The van der Waals surface area contributed by atoms with Crippen LogP contribution in [0.1, 0.15) is 48.8 Å². The second kappa shape index (κ2) is 7.34. The Kier molecular flexibility index (Phi) is 5.12. The zero-order chi connectivity index (χ0) is 19.6. The quantitative estimate of drug-likeness (QED) is 0.811. The summed E-state index contributed by atoms with van der Waals surface area (Å²) in [5.74, 6) is -0.494. The van der Waals surface area contributed by atoms with Gasteiger partial charge in [-0.05, 0) is 69.4 Å². The summed E-state index contributed by atoms with van der Waals surface area (Å²) in [6.07, 6.45) is 2.04. The molecule has 0 radical (unpaired) electrons. The lowest BCUT2D eigenvalue weighted by Crippen LogP contribution is -2.27. The second-order valence-electron chi connectivity index (χ2n) is 7.45. The number of hydrogen-bond acceptors (Lipinski definition) is 6. The molecule has 2 aromatic rings. The van der Waals surface area contributed by atoms with Gasteiger partial charge in [-0.25, -0.2) is 9.59 Å². The van der Waals surface area contributed by atoms with Gasteiger partial charge in [0.2, 0.25) is 0 Å². The first-order valence-electron chi connectivity index (χ1n) is 8.85. The number of esters is 1. The van der Waals surface area contributed by atoms with E-state index in [1.807, 2.05) is 39.0 Å². The van der Waals surface area contributed by atoms with Gasteiger partial charge in [-0.1, -0.05) is 6.07 Å². The van der Waals surface area contributed by atoms with E-state index in [-0.39, 0.29) is 5.69 Å². The number of aryl methyl sites for hydroxylation is 2. The molecule has 0 saturated heterocycles. The van der Waals surface area contributed by atoms with Crippen LogP contribution in [0.3, 0.4) is 0 Å². The van der Waals surface area contributed by atoms with Gasteiger partial charge in [0.05, 0.1) is 12.8 Å². The zero-order valence-corrected chi connectivity index (χ0v) is 16.0. The molecule has 1 aliphatic carbocycles. The van der Waals surface area contributed by atoms with Crippen LogP contribution in [0, 0.1) is 0 Å². The maximum atomic E-state index is 12.0. The summed E-state index contributed by atoms with van der Waals surface area (Å²) < 4.78 is 10.0. The molecule has 1 aromatic carbocycles. The van der Waals surface area contributed by atoms with Gasteiger partial charge >= 0.3 is 12.1 Å². The van der Waals surface area contributed by atoms with E-state index < -0.39 is 17.7 Å². The molecule has 7 heteroatoms. The van der Waals surface area contributed by atoms with E-state index in [1.54, 1.807) is 6.07 Å². The number of amides is 1. The molecule has 27 heavy (non-hydrogen) atoms. The maximum Gasteiger partial charge on any atom is 0.412 e. The molecule has 1 aliphatic rings. The standard InChI is InChI=1S/C20H23N3O4/c1-20(2,3)27-19(25)21-14-8-9-15-12(10-14)6-5-7-13-11-16(18(24)26-4)22-23-17(13)15/h8-11H,5-7H2,1-4H3,(H,21,25). The van der Waals surface area contributed by atoms with Crippen molar-refractivity contribution in [3.8, 4) is 11.3 Å². The van der Waals surface area contributed by atoms with Crippen LogP contribution in [0.15, 0.2) is 24.3 Å². The molecule has 0 spiro atoms. The van der Waals surface area contributed by atoms with E-state index in [0.717, 1.165) is 41.6 Å². The fourth-order valence-electron chi connectivity index (χ4n) is 3.05. The third kappa shape index (κ3) is 4.42. The summed E-state index contributed by atoms with van der Waals surface area (Å²) in [6, 6.07) is 7.41. The summed E-state index contributed by atoms with van der Waals surface area (Å²) in [5, 5.41) is 11.0. The minimum atomic E-state index is -0.554. The Bertz CT molecular complexity index is 887. The second-order valence-corrected chi connectivity index (χ2v) is 7.45. The highest BCUT2D eigenvalue weighted by Crippen LogP contribution is 2.32. The lowest BCUT2D eigenvalue weighted by atomic mass is 10.0. The van der Waals surface area contributed by atoms with Gasteiger partial charge in [-0.15, -0.1) is 10.2 Å². The van der Waals surface area contributed by atoms with Gasteiger partial charge in [0.15, 0.2) is 5.69 Å². The molecule has 142 valence electrons. The van der Waals surface area contributed by atoms with Crippen molar-refractivity contribution in [1.29, 1.82) is 0 Å². The predicted octanol–water partition coefficient (Wildman–Crippen LogP) is 3.77. The Morgan fingerprint density at radius 1 is 1.07 bits per heavy atom. The van der Waals surface area contributed by atoms with Gasteiger partial charge < -0.3 is 9.47 Å². The van der Waals surface area contributed by atoms with Gasteiger partial charge in [0, 0.05) is 11.3 Å². The molecule has 0 unspecified atom stereocenters. The van der Waals surface area contributed by atoms with Crippen molar-refractivity contribution in [2.45, 2.75) is 45.6 Å². The minimum absolute atomic E-state index is 0.211. The molecule has 0 bridgehead atoms. The van der Waals surface area contributed by atoms with Crippen LogP contribution >= 0.6 is 0 Å². The van der Waals surface area contributed by atoms with Gasteiger partial charge in [0.25, 0.3) is 0 Å². The normalized spacial score (nSPS) is 13.0. The van der Waals surface area contributed by atoms with E-state index in [2.05, 4.69) is 15.5 Å². The minimum Gasteiger partial charge on any atom is -0.464 e. The summed E-state index contributed by atoms with van der Waals surface area (Å²) in [6.45, 7) is 5.46. The van der Waals surface area contributed by atoms with Gasteiger partial charge in [0.1, 0.15) is 5.60 Å². The van der Waals surface area contributed by atoms with E-state index in [0.29, 0.717) is 5.69 Å². The van der Waals surface area contributed by atoms with E-state index >= 15 is 0 Å². The van der Waals surface area contributed by atoms with E-state index in [1.165, 1.54) is 7.11 Å². The molecule has 1 amide bonds. The number of carbonyl (C=O) groups is 2. The van der Waals surface area contributed by atoms with Crippen molar-refractivity contribution in [2.75, 3.05) is 12.4 Å². The highest BCUT2D eigenvalue weighted by Gasteiger charge is 2.21. The fraction of sp³-hybridized carbons (Fsp3) is 0.400. The molecular weight excluding hydrogens is 346 g/mol. The zero-order valence-electron chi connectivity index (χ0n) is 16.0. The predicted molar refractivity (Wildman–Crippen MR) is 101 cm³/mol. The number of anilines is 1. The molecule has 1 aromatic heterocycles. The molecule has 0 atom stereocenters. The summed E-state index contributed by atoms with van der Waals surface area (Å²) >= 11 is 0. The summed E-state index contributed by atoms with van der Waals surface area (Å²) in [4.78, 5) is 23.7. The Morgan fingerprint density at radius 2 is 1.81 bits per heavy atom. The molecule has 0 aliphatic heterocycles. The molecule has 1 N–H and O–H groups in total. The van der Waals surface area contributed by atoms with Crippen molar-refractivity contribution in [2.24, 2.45) is 0 Å². The van der Waals surface area contributed by atoms with Crippen molar-refractivity contribution in [1.82, 2.24) is 10.2 Å². The molecular formula is C20H23N3O4. The first kappa shape index (κ1) is 18.8. The number of fused-ring (bicyclic) bond motifs is 3. The van der Waals surface area contributed by atoms with Crippen LogP contribution < -0.4 is 5.32 Å². The van der Waals surface area contributed by atoms with Crippen LogP contribution in [-0.2, 0) is 22.3 Å². The first-order chi connectivity index (χ1) is 12.8. The number of nitrogens with one attached hydrogen (secondary N) is 1. The Labute approximate surface area is 158 Å². The van der Waals surface area contributed by atoms with Crippen molar-refractivity contribution < 1.29 is 19.1 Å². The maximum absolute atomic E-state index is 12.0. The smallest absolute Gasteiger partial charge is 0.412 e. The Hall–Kier alpha value is -2.96. The van der Waals surface area contributed by atoms with E-state index in [4.69, 9.17) is 9.47 Å².